The number of amides is 2. The molecule has 0 unspecified atom stereocenters. The highest BCUT2D eigenvalue weighted by Gasteiger charge is 2.38. The molecule has 146 valence electrons. The van der Waals surface area contributed by atoms with Crippen LogP contribution >= 0.6 is 0 Å². The Hall–Kier alpha value is -3.09. The molecule has 1 N–H and O–H groups in total. The van der Waals surface area contributed by atoms with E-state index < -0.39 is 23.6 Å². The first-order valence-electron chi connectivity index (χ1n) is 8.76. The van der Waals surface area contributed by atoms with E-state index in [4.69, 9.17) is 0 Å². The van der Waals surface area contributed by atoms with E-state index in [2.05, 4.69) is 5.32 Å². The average molecular weight is 388 g/mol. The van der Waals surface area contributed by atoms with Crippen molar-refractivity contribution in [2.45, 2.75) is 26.9 Å². The molecule has 7 heteroatoms. The number of aryl methyl sites for hydroxylation is 2. The van der Waals surface area contributed by atoms with Crippen molar-refractivity contribution >= 4 is 23.1 Å². The minimum atomic E-state index is -4.51. The number of nitrogens with zero attached hydrogens (tertiary/aromatic N) is 1. The molecule has 3 rings (SSSR count). The lowest BCUT2D eigenvalue weighted by Crippen LogP contribution is -2.32. The van der Waals surface area contributed by atoms with Gasteiger partial charge in [-0.1, -0.05) is 24.3 Å². The number of hydrogen-bond acceptors (Lipinski definition) is 3. The van der Waals surface area contributed by atoms with Gasteiger partial charge in [0.05, 0.1) is 11.1 Å². The number of imide groups is 1. The summed E-state index contributed by atoms with van der Waals surface area (Å²) in [7, 11) is 0. The van der Waals surface area contributed by atoms with E-state index >= 15 is 0 Å². The number of likely N-dealkylation sites (N-methyl/N-ethyl adjacent to an activating group) is 1. The van der Waals surface area contributed by atoms with Gasteiger partial charge in [0.25, 0.3) is 11.8 Å². The number of halogens is 3. The van der Waals surface area contributed by atoms with Gasteiger partial charge >= 0.3 is 6.18 Å². The van der Waals surface area contributed by atoms with E-state index in [9.17, 15) is 22.8 Å². The summed E-state index contributed by atoms with van der Waals surface area (Å²) in [4.78, 5) is 26.6. The Bertz CT molecular complexity index is 993. The van der Waals surface area contributed by atoms with E-state index in [1.165, 1.54) is 12.1 Å². The van der Waals surface area contributed by atoms with Gasteiger partial charge in [-0.05, 0) is 55.7 Å². The second-order valence-electron chi connectivity index (χ2n) is 6.61. The average Bonchev–Trinajstić information content (AvgIpc) is 2.87. The van der Waals surface area contributed by atoms with Gasteiger partial charge in [-0.15, -0.1) is 0 Å². The first kappa shape index (κ1) is 19.7. The third kappa shape index (κ3) is 3.52. The summed E-state index contributed by atoms with van der Waals surface area (Å²) in [5, 5.41) is 2.75. The van der Waals surface area contributed by atoms with Crippen LogP contribution in [0.2, 0.25) is 0 Å². The number of rotatable bonds is 4. The summed E-state index contributed by atoms with van der Waals surface area (Å²) in [6.45, 7) is 5.65. The Morgan fingerprint density at radius 3 is 2.29 bits per heavy atom. The maximum atomic E-state index is 13.0. The van der Waals surface area contributed by atoms with Gasteiger partial charge in [0.1, 0.15) is 5.70 Å². The van der Waals surface area contributed by atoms with Crippen molar-refractivity contribution in [3.05, 3.63) is 70.4 Å². The van der Waals surface area contributed by atoms with Gasteiger partial charge in [0.15, 0.2) is 0 Å². The minimum absolute atomic E-state index is 0.0190. The molecule has 0 aromatic heterocycles. The third-order valence-electron chi connectivity index (χ3n) is 4.74. The number of hydrogen-bond donors (Lipinski definition) is 1. The summed E-state index contributed by atoms with van der Waals surface area (Å²) < 4.78 is 39.0. The van der Waals surface area contributed by atoms with Crippen LogP contribution < -0.4 is 5.32 Å². The highest BCUT2D eigenvalue weighted by molar-refractivity contribution is 6.36. The maximum Gasteiger partial charge on any atom is 0.416 e. The fourth-order valence-corrected chi connectivity index (χ4v) is 3.06. The zero-order valence-corrected chi connectivity index (χ0v) is 15.6. The molecular formula is C21H19F3N2O2. The Morgan fingerprint density at radius 2 is 1.68 bits per heavy atom. The van der Waals surface area contributed by atoms with Crippen LogP contribution in [0.4, 0.5) is 18.9 Å². The van der Waals surface area contributed by atoms with Gasteiger partial charge in [-0.25, -0.2) is 0 Å². The number of alkyl halides is 3. The molecule has 2 aromatic carbocycles. The van der Waals surface area contributed by atoms with Crippen LogP contribution in [0.5, 0.6) is 0 Å². The number of carbonyl (C=O) groups is 2. The van der Waals surface area contributed by atoms with Crippen LogP contribution in [0.15, 0.2) is 48.2 Å². The second kappa shape index (κ2) is 7.14. The topological polar surface area (TPSA) is 49.4 Å². The predicted octanol–water partition coefficient (Wildman–Crippen LogP) is 4.53. The monoisotopic (exact) mass is 388 g/mol. The Morgan fingerprint density at radius 1 is 0.964 bits per heavy atom. The lowest BCUT2D eigenvalue weighted by molar-refractivity contribution is -0.138. The van der Waals surface area contributed by atoms with E-state index in [1.54, 1.807) is 19.1 Å². The number of nitrogens with one attached hydrogen (secondary N) is 1. The van der Waals surface area contributed by atoms with Crippen molar-refractivity contribution in [1.82, 2.24) is 4.90 Å². The van der Waals surface area contributed by atoms with Gasteiger partial charge in [0.2, 0.25) is 0 Å². The highest BCUT2D eigenvalue weighted by Crippen LogP contribution is 2.34. The molecule has 0 aliphatic carbocycles. The SMILES string of the molecule is CCN1C(=O)C(Nc2cccc(C(F)(F)F)c2)=C(c2ccc(C)c(C)c2)C1=O. The summed E-state index contributed by atoms with van der Waals surface area (Å²) in [5.41, 5.74) is 1.91. The Balaban J connectivity index is 2.10. The molecule has 0 spiro atoms. The molecule has 0 atom stereocenters. The molecule has 1 aliphatic heterocycles. The number of anilines is 1. The number of benzene rings is 2. The fourth-order valence-electron chi connectivity index (χ4n) is 3.06. The zero-order chi connectivity index (χ0) is 20.6. The molecule has 2 amide bonds. The molecule has 4 nitrogen and oxygen atoms in total. The van der Waals surface area contributed by atoms with Crippen molar-refractivity contribution in [3.63, 3.8) is 0 Å². The van der Waals surface area contributed by atoms with E-state index in [0.717, 1.165) is 28.2 Å². The van der Waals surface area contributed by atoms with Crippen LogP contribution in [-0.4, -0.2) is 23.3 Å². The van der Waals surface area contributed by atoms with Crippen molar-refractivity contribution in [3.8, 4) is 0 Å². The van der Waals surface area contributed by atoms with Gasteiger partial charge in [-0.2, -0.15) is 13.2 Å². The van der Waals surface area contributed by atoms with Crippen molar-refractivity contribution < 1.29 is 22.8 Å². The van der Waals surface area contributed by atoms with Crippen molar-refractivity contribution in [1.29, 1.82) is 0 Å². The van der Waals surface area contributed by atoms with Crippen LogP contribution in [0, 0.1) is 13.8 Å². The lowest BCUT2D eigenvalue weighted by atomic mass is 9.99. The molecule has 0 bridgehead atoms. The molecule has 0 saturated carbocycles. The number of carbonyl (C=O) groups excluding carboxylic acids is 2. The first-order valence-corrected chi connectivity index (χ1v) is 8.76. The van der Waals surface area contributed by atoms with Crippen LogP contribution in [-0.2, 0) is 15.8 Å². The molecule has 0 radical (unpaired) electrons. The molecule has 0 fully saturated rings. The lowest BCUT2D eigenvalue weighted by Gasteiger charge is -2.13. The van der Waals surface area contributed by atoms with E-state index in [1.807, 2.05) is 19.9 Å². The molecule has 28 heavy (non-hydrogen) atoms. The van der Waals surface area contributed by atoms with Crippen molar-refractivity contribution in [2.75, 3.05) is 11.9 Å². The summed E-state index contributed by atoms with van der Waals surface area (Å²) >= 11 is 0. The fraction of sp³-hybridized carbons (Fsp3) is 0.238. The molecule has 0 saturated heterocycles. The third-order valence-corrected chi connectivity index (χ3v) is 4.74. The van der Waals surface area contributed by atoms with Gasteiger partial charge in [-0.3, -0.25) is 14.5 Å². The predicted molar refractivity (Wildman–Crippen MR) is 100 cm³/mol. The van der Waals surface area contributed by atoms with E-state index in [-0.39, 0.29) is 23.5 Å². The second-order valence-corrected chi connectivity index (χ2v) is 6.61. The van der Waals surface area contributed by atoms with Crippen molar-refractivity contribution in [2.24, 2.45) is 0 Å². The van der Waals surface area contributed by atoms with Crippen LogP contribution in [0.1, 0.15) is 29.2 Å². The largest absolute Gasteiger partial charge is 0.416 e. The molecular weight excluding hydrogens is 369 g/mol. The van der Waals surface area contributed by atoms with Crippen LogP contribution in [0.25, 0.3) is 5.57 Å². The molecule has 2 aromatic rings. The van der Waals surface area contributed by atoms with Gasteiger partial charge in [0, 0.05) is 12.2 Å². The summed E-state index contributed by atoms with van der Waals surface area (Å²) in [6.07, 6.45) is -4.51. The highest BCUT2D eigenvalue weighted by atomic mass is 19.4. The minimum Gasteiger partial charge on any atom is -0.350 e. The van der Waals surface area contributed by atoms with Crippen LogP contribution in [0.3, 0.4) is 0 Å². The molecule has 1 heterocycles. The maximum absolute atomic E-state index is 13.0. The Kier molecular flexibility index (Phi) is 5.02. The van der Waals surface area contributed by atoms with Gasteiger partial charge < -0.3 is 5.32 Å². The Labute approximate surface area is 160 Å². The quantitative estimate of drug-likeness (QED) is 0.783. The summed E-state index contributed by atoms with van der Waals surface area (Å²) in [5.74, 6) is -1.02. The zero-order valence-electron chi connectivity index (χ0n) is 15.6. The standard InChI is InChI=1S/C21H19F3N2O2/c1-4-26-19(27)17(14-9-8-12(2)13(3)10-14)18(20(26)28)25-16-7-5-6-15(11-16)21(22,23)24/h5-11,25H,4H2,1-3H3. The normalized spacial score (nSPS) is 14.9. The summed E-state index contributed by atoms with van der Waals surface area (Å²) in [6, 6.07) is 9.90. The smallest absolute Gasteiger partial charge is 0.350 e. The van der Waals surface area contributed by atoms with E-state index in [0.29, 0.717) is 5.56 Å². The first-order chi connectivity index (χ1) is 13.1. The molecule has 1 aliphatic rings.